The number of halogens is 1. The Morgan fingerprint density at radius 2 is 2.00 bits per heavy atom. The van der Waals surface area contributed by atoms with Gasteiger partial charge in [0.25, 0.3) is 0 Å². The third-order valence-electron chi connectivity index (χ3n) is 6.25. The number of hydrogen-bond donors (Lipinski definition) is 1. The highest BCUT2D eigenvalue weighted by Gasteiger charge is 2.40. The number of thiazole rings is 1. The molecule has 1 aromatic carbocycles. The van der Waals surface area contributed by atoms with Gasteiger partial charge in [-0.15, -0.1) is 0 Å². The Morgan fingerprint density at radius 1 is 1.24 bits per heavy atom. The summed E-state index contributed by atoms with van der Waals surface area (Å²) < 4.78 is 15.5. The van der Waals surface area contributed by atoms with E-state index in [1.165, 1.54) is 11.8 Å². The first-order valence-electron chi connectivity index (χ1n) is 10.9. The number of thioether (sulfide) groups is 1. The zero-order chi connectivity index (χ0) is 23.1. The third kappa shape index (κ3) is 4.22. The number of likely N-dealkylation sites (N-methyl/N-ethyl adjacent to an activating group) is 1. The van der Waals surface area contributed by atoms with E-state index in [4.69, 9.17) is 10.7 Å². The molecule has 0 radical (unpaired) electrons. The Balaban J connectivity index is 1.65. The predicted octanol–water partition coefficient (Wildman–Crippen LogP) is 3.44. The number of nitrogens with zero attached hydrogens (tertiary/aromatic N) is 5. The smallest absolute Gasteiger partial charge is 0.221 e. The van der Waals surface area contributed by atoms with Gasteiger partial charge in [0.05, 0.1) is 22.7 Å². The minimum absolute atomic E-state index is 0.154. The van der Waals surface area contributed by atoms with Crippen LogP contribution < -0.4 is 10.6 Å². The number of anilines is 1. The van der Waals surface area contributed by atoms with Gasteiger partial charge in [-0.3, -0.25) is 4.79 Å². The second kappa shape index (κ2) is 9.00. The SMILES string of the molecule is CSc1nccc(-c2sc(N3C4CCC3CN(C)C4)nc2-c2cccc(CC(N)=O)c2F)n1. The Hall–Kier alpha value is -2.56. The van der Waals surface area contributed by atoms with Crippen LogP contribution in [0.15, 0.2) is 35.6 Å². The van der Waals surface area contributed by atoms with E-state index in [0.29, 0.717) is 34.2 Å². The van der Waals surface area contributed by atoms with Crippen LogP contribution >= 0.6 is 23.1 Å². The van der Waals surface area contributed by atoms with Gasteiger partial charge in [-0.1, -0.05) is 35.2 Å². The van der Waals surface area contributed by atoms with Crippen LogP contribution in [0.25, 0.3) is 21.8 Å². The fourth-order valence-electron chi connectivity index (χ4n) is 4.85. The average molecular weight is 485 g/mol. The predicted molar refractivity (Wildman–Crippen MR) is 130 cm³/mol. The number of rotatable bonds is 6. The van der Waals surface area contributed by atoms with Crippen LogP contribution in [0.3, 0.4) is 0 Å². The minimum atomic E-state index is -0.570. The van der Waals surface area contributed by atoms with Crippen molar-refractivity contribution < 1.29 is 9.18 Å². The van der Waals surface area contributed by atoms with Gasteiger partial charge in [-0.05, 0) is 43.8 Å². The second-order valence-electron chi connectivity index (χ2n) is 8.54. The largest absolute Gasteiger partial charge is 0.369 e. The van der Waals surface area contributed by atoms with Crippen LogP contribution in [-0.4, -0.2) is 64.2 Å². The molecule has 2 aliphatic heterocycles. The van der Waals surface area contributed by atoms with Crippen LogP contribution in [0.4, 0.5) is 9.52 Å². The summed E-state index contributed by atoms with van der Waals surface area (Å²) in [5.74, 6) is -1.03. The highest BCUT2D eigenvalue weighted by molar-refractivity contribution is 7.98. The Bertz CT molecular complexity index is 1190. The van der Waals surface area contributed by atoms with Crippen molar-refractivity contribution in [3.63, 3.8) is 0 Å². The lowest BCUT2D eigenvalue weighted by molar-refractivity contribution is -0.117. The van der Waals surface area contributed by atoms with Crippen molar-refractivity contribution >= 4 is 34.1 Å². The molecule has 2 saturated heterocycles. The van der Waals surface area contributed by atoms with Crippen molar-refractivity contribution in [2.24, 2.45) is 5.73 Å². The molecule has 2 bridgehead atoms. The monoisotopic (exact) mass is 484 g/mol. The summed E-state index contributed by atoms with van der Waals surface area (Å²) in [7, 11) is 2.16. The highest BCUT2D eigenvalue weighted by Crippen LogP contribution is 2.44. The van der Waals surface area contributed by atoms with Crippen molar-refractivity contribution in [2.45, 2.75) is 36.5 Å². The maximum atomic E-state index is 15.5. The van der Waals surface area contributed by atoms with Crippen LogP contribution in [0.2, 0.25) is 0 Å². The zero-order valence-electron chi connectivity index (χ0n) is 18.5. The molecule has 2 atom stereocenters. The van der Waals surface area contributed by atoms with Gasteiger partial charge in [0.1, 0.15) is 5.82 Å². The van der Waals surface area contributed by atoms with Gasteiger partial charge in [-0.25, -0.2) is 19.3 Å². The molecular formula is C23H25FN6OS2. The number of piperazine rings is 1. The van der Waals surface area contributed by atoms with Crippen LogP contribution in [0, 0.1) is 5.82 Å². The van der Waals surface area contributed by atoms with E-state index in [9.17, 15) is 4.79 Å². The van der Waals surface area contributed by atoms with Crippen LogP contribution in [-0.2, 0) is 11.2 Å². The normalized spacial score (nSPS) is 20.4. The van der Waals surface area contributed by atoms with Crippen molar-refractivity contribution in [1.82, 2.24) is 19.9 Å². The maximum absolute atomic E-state index is 15.5. The maximum Gasteiger partial charge on any atom is 0.221 e. The van der Waals surface area contributed by atoms with Crippen molar-refractivity contribution in [3.8, 4) is 21.8 Å². The van der Waals surface area contributed by atoms with E-state index < -0.39 is 11.7 Å². The van der Waals surface area contributed by atoms with Gasteiger partial charge >= 0.3 is 0 Å². The summed E-state index contributed by atoms with van der Waals surface area (Å²) in [5, 5.41) is 1.54. The van der Waals surface area contributed by atoms with E-state index >= 15 is 4.39 Å². The van der Waals surface area contributed by atoms with E-state index in [1.54, 1.807) is 35.7 Å². The number of carbonyl (C=O) groups excluding carboxylic acids is 1. The number of nitrogens with two attached hydrogens (primary N) is 1. The number of primary amides is 1. The molecule has 10 heteroatoms. The number of fused-ring (bicyclic) bond motifs is 2. The second-order valence-corrected chi connectivity index (χ2v) is 10.3. The number of likely N-dealkylation sites (tertiary alicyclic amines) is 1. The molecule has 4 heterocycles. The number of benzene rings is 1. The fourth-order valence-corrected chi connectivity index (χ4v) is 6.40. The Kier molecular flexibility index (Phi) is 6.07. The quantitative estimate of drug-likeness (QED) is 0.424. The summed E-state index contributed by atoms with van der Waals surface area (Å²) >= 11 is 3.01. The average Bonchev–Trinajstić information content (AvgIpc) is 3.34. The summed E-state index contributed by atoms with van der Waals surface area (Å²) in [4.78, 5) is 31.0. The number of aromatic nitrogens is 3. The lowest BCUT2D eigenvalue weighted by atomic mass is 10.0. The number of carbonyl (C=O) groups is 1. The van der Waals surface area contributed by atoms with E-state index in [0.717, 1.165) is 35.9 Å². The molecule has 5 rings (SSSR count). The molecule has 7 nitrogen and oxygen atoms in total. The Morgan fingerprint density at radius 3 is 2.70 bits per heavy atom. The molecule has 2 fully saturated rings. The molecule has 0 aliphatic carbocycles. The molecule has 0 spiro atoms. The van der Waals surface area contributed by atoms with Gasteiger partial charge < -0.3 is 15.5 Å². The van der Waals surface area contributed by atoms with Crippen molar-refractivity contribution in [2.75, 3.05) is 31.3 Å². The minimum Gasteiger partial charge on any atom is -0.369 e. The molecule has 2 N–H and O–H groups in total. The first-order chi connectivity index (χ1) is 15.9. The van der Waals surface area contributed by atoms with E-state index in [2.05, 4.69) is 26.8 Å². The van der Waals surface area contributed by atoms with Crippen molar-refractivity contribution in [3.05, 3.63) is 41.8 Å². The van der Waals surface area contributed by atoms with Crippen LogP contribution in [0.1, 0.15) is 18.4 Å². The molecule has 2 aromatic heterocycles. The molecule has 3 aromatic rings. The highest BCUT2D eigenvalue weighted by atomic mass is 32.2. The van der Waals surface area contributed by atoms with Crippen LogP contribution in [0.5, 0.6) is 0 Å². The lowest BCUT2D eigenvalue weighted by Crippen LogP contribution is -2.52. The van der Waals surface area contributed by atoms with Crippen molar-refractivity contribution in [1.29, 1.82) is 0 Å². The molecule has 1 amide bonds. The van der Waals surface area contributed by atoms with Gasteiger partial charge in [0.15, 0.2) is 10.3 Å². The summed E-state index contributed by atoms with van der Waals surface area (Å²) in [6.45, 7) is 1.99. The third-order valence-corrected chi connectivity index (χ3v) is 7.90. The zero-order valence-corrected chi connectivity index (χ0v) is 20.1. The standard InChI is InChI=1S/C23H25FN6OS2/c1-29-11-14-6-7-15(12-29)30(14)23-28-20(16-5-3-4-13(19(16)24)10-18(25)31)21(33-23)17-8-9-26-22(27-17)32-2/h3-5,8-9,14-15H,6-7,10-12H2,1-2H3,(H2,25,31). The summed E-state index contributed by atoms with van der Waals surface area (Å²) in [6, 6.07) is 7.68. The molecule has 33 heavy (non-hydrogen) atoms. The van der Waals surface area contributed by atoms with Gasteiger partial charge in [0, 0.05) is 36.9 Å². The lowest BCUT2D eigenvalue weighted by Gasteiger charge is -2.39. The molecule has 2 aliphatic rings. The molecular weight excluding hydrogens is 459 g/mol. The van der Waals surface area contributed by atoms with E-state index in [-0.39, 0.29) is 12.0 Å². The molecule has 2 unspecified atom stereocenters. The molecule has 172 valence electrons. The first kappa shape index (κ1) is 22.2. The molecule has 0 saturated carbocycles. The summed E-state index contributed by atoms with van der Waals surface area (Å²) in [6.07, 6.45) is 5.75. The fraction of sp³-hybridized carbons (Fsp3) is 0.391. The summed E-state index contributed by atoms with van der Waals surface area (Å²) in [5.41, 5.74) is 7.23. The van der Waals surface area contributed by atoms with Gasteiger partial charge in [0.2, 0.25) is 5.91 Å². The first-order valence-corrected chi connectivity index (χ1v) is 12.9. The topological polar surface area (TPSA) is 88.2 Å². The Labute approximate surface area is 200 Å². The van der Waals surface area contributed by atoms with E-state index in [1.807, 2.05) is 12.3 Å². The number of amides is 1. The number of hydrogen-bond acceptors (Lipinski definition) is 8. The van der Waals surface area contributed by atoms with Gasteiger partial charge in [-0.2, -0.15) is 0 Å².